The van der Waals surface area contributed by atoms with Crippen LogP contribution in [0.15, 0.2) is 18.2 Å². The Labute approximate surface area is 105 Å². The first-order chi connectivity index (χ1) is 8.05. The number of nitrogens with two attached hydrogens (primary N) is 1. The van der Waals surface area contributed by atoms with E-state index in [-0.39, 0.29) is 11.4 Å². The van der Waals surface area contributed by atoms with Gasteiger partial charge in [0.2, 0.25) is 5.91 Å². The molecule has 0 spiro atoms. The van der Waals surface area contributed by atoms with Crippen molar-refractivity contribution in [1.82, 2.24) is 0 Å². The zero-order valence-corrected chi connectivity index (χ0v) is 11.1. The number of carbonyl (C=O) groups is 1. The zero-order chi connectivity index (χ0) is 14.1. The standard InChI is InChI=1S/C11H15FN2O3S/c1-11(2,18(3,16)17)10(15)14-7-4-5-8(12)9(13)6-7/h4-6H,13H2,1-3H3,(H,14,15). The van der Waals surface area contributed by atoms with Crippen LogP contribution in [0, 0.1) is 5.82 Å². The van der Waals surface area contributed by atoms with Crippen LogP contribution < -0.4 is 11.1 Å². The molecule has 0 unspecified atom stereocenters. The van der Waals surface area contributed by atoms with E-state index >= 15 is 0 Å². The second-order valence-electron chi connectivity index (χ2n) is 4.47. The number of anilines is 2. The smallest absolute Gasteiger partial charge is 0.245 e. The van der Waals surface area contributed by atoms with Crippen molar-refractivity contribution >= 4 is 27.1 Å². The highest BCUT2D eigenvalue weighted by Crippen LogP contribution is 2.21. The van der Waals surface area contributed by atoms with Gasteiger partial charge in [-0.2, -0.15) is 0 Å². The van der Waals surface area contributed by atoms with Crippen LogP contribution >= 0.6 is 0 Å². The van der Waals surface area contributed by atoms with Crippen molar-refractivity contribution in [2.45, 2.75) is 18.6 Å². The molecule has 0 heterocycles. The van der Waals surface area contributed by atoms with E-state index in [0.29, 0.717) is 0 Å². The second-order valence-corrected chi connectivity index (χ2v) is 7.04. The summed E-state index contributed by atoms with van der Waals surface area (Å²) in [6.45, 7) is 2.59. The number of nitrogens with one attached hydrogen (secondary N) is 1. The number of hydrogen-bond acceptors (Lipinski definition) is 4. The molecular weight excluding hydrogens is 259 g/mol. The average molecular weight is 274 g/mol. The van der Waals surface area contributed by atoms with E-state index in [0.717, 1.165) is 12.3 Å². The van der Waals surface area contributed by atoms with Gasteiger partial charge < -0.3 is 11.1 Å². The van der Waals surface area contributed by atoms with E-state index in [1.807, 2.05) is 0 Å². The van der Waals surface area contributed by atoms with Crippen LogP contribution in [-0.4, -0.2) is 25.3 Å². The third kappa shape index (κ3) is 2.79. The molecule has 1 aromatic rings. The van der Waals surface area contributed by atoms with Gasteiger partial charge in [0.15, 0.2) is 9.84 Å². The van der Waals surface area contributed by atoms with Crippen LogP contribution in [0.5, 0.6) is 0 Å². The average Bonchev–Trinajstić information content (AvgIpc) is 2.21. The molecule has 0 bridgehead atoms. The third-order valence-corrected chi connectivity index (χ3v) is 4.77. The van der Waals surface area contributed by atoms with Gasteiger partial charge in [-0.3, -0.25) is 4.79 Å². The fraction of sp³-hybridized carbons (Fsp3) is 0.364. The lowest BCUT2D eigenvalue weighted by Gasteiger charge is -2.21. The Bertz CT molecular complexity index is 582. The molecule has 100 valence electrons. The number of benzene rings is 1. The molecule has 3 N–H and O–H groups in total. The Morgan fingerprint density at radius 2 is 1.94 bits per heavy atom. The van der Waals surface area contributed by atoms with Crippen molar-refractivity contribution in [3.63, 3.8) is 0 Å². The quantitative estimate of drug-likeness (QED) is 0.810. The predicted octanol–water partition coefficient (Wildman–Crippen LogP) is 1.17. The van der Waals surface area contributed by atoms with Crippen molar-refractivity contribution < 1.29 is 17.6 Å². The van der Waals surface area contributed by atoms with Gasteiger partial charge in [-0.05, 0) is 32.0 Å². The highest BCUT2D eigenvalue weighted by Gasteiger charge is 2.38. The number of halogens is 1. The lowest BCUT2D eigenvalue weighted by Crippen LogP contribution is -2.43. The summed E-state index contributed by atoms with van der Waals surface area (Å²) in [7, 11) is -3.56. The van der Waals surface area contributed by atoms with Crippen molar-refractivity contribution in [3.8, 4) is 0 Å². The van der Waals surface area contributed by atoms with E-state index in [1.54, 1.807) is 0 Å². The molecule has 1 aromatic carbocycles. The van der Waals surface area contributed by atoms with Gasteiger partial charge in [-0.1, -0.05) is 0 Å². The summed E-state index contributed by atoms with van der Waals surface area (Å²) in [4.78, 5) is 11.9. The number of sulfone groups is 1. The first-order valence-electron chi connectivity index (χ1n) is 5.12. The first kappa shape index (κ1) is 14.4. The van der Waals surface area contributed by atoms with Crippen molar-refractivity contribution in [2.24, 2.45) is 0 Å². The maximum atomic E-state index is 12.9. The van der Waals surface area contributed by atoms with Crippen LogP contribution in [0.1, 0.15) is 13.8 Å². The van der Waals surface area contributed by atoms with Gasteiger partial charge in [0, 0.05) is 11.9 Å². The molecule has 0 saturated carbocycles. The summed E-state index contributed by atoms with van der Waals surface area (Å²) in [6.07, 6.45) is 0.978. The molecule has 5 nitrogen and oxygen atoms in total. The fourth-order valence-corrected chi connectivity index (χ4v) is 1.46. The fourth-order valence-electron chi connectivity index (χ4n) is 1.07. The van der Waals surface area contributed by atoms with E-state index in [2.05, 4.69) is 5.32 Å². The van der Waals surface area contributed by atoms with Crippen LogP contribution in [0.3, 0.4) is 0 Å². The predicted molar refractivity (Wildman–Crippen MR) is 68.4 cm³/mol. The van der Waals surface area contributed by atoms with Gasteiger partial charge in [0.1, 0.15) is 10.6 Å². The summed E-state index contributed by atoms with van der Waals surface area (Å²) in [5, 5.41) is 2.39. The van der Waals surface area contributed by atoms with Gasteiger partial charge in [0.25, 0.3) is 0 Å². The Balaban J connectivity index is 2.99. The third-order valence-electron chi connectivity index (χ3n) is 2.73. The Kier molecular flexibility index (Phi) is 3.66. The largest absolute Gasteiger partial charge is 0.396 e. The van der Waals surface area contributed by atoms with Crippen LogP contribution in [0.4, 0.5) is 15.8 Å². The zero-order valence-electron chi connectivity index (χ0n) is 10.3. The van der Waals surface area contributed by atoms with Crippen molar-refractivity contribution in [2.75, 3.05) is 17.3 Å². The molecule has 1 amide bonds. The maximum Gasteiger partial charge on any atom is 0.245 e. The van der Waals surface area contributed by atoms with Gasteiger partial charge >= 0.3 is 0 Å². The topological polar surface area (TPSA) is 89.3 Å². The molecule has 1 rings (SSSR count). The van der Waals surface area contributed by atoms with Crippen LogP contribution in [-0.2, 0) is 14.6 Å². The lowest BCUT2D eigenvalue weighted by molar-refractivity contribution is -0.117. The number of rotatable bonds is 3. The summed E-state index contributed by atoms with van der Waals surface area (Å²) in [5.74, 6) is -1.30. The molecule has 0 radical (unpaired) electrons. The molecule has 18 heavy (non-hydrogen) atoms. The van der Waals surface area contributed by atoms with E-state index in [9.17, 15) is 17.6 Å². The summed E-state index contributed by atoms with van der Waals surface area (Å²) in [5.41, 5.74) is 5.47. The summed E-state index contributed by atoms with van der Waals surface area (Å²) < 4.78 is 34.3. The second kappa shape index (κ2) is 4.56. The molecule has 0 aliphatic rings. The minimum Gasteiger partial charge on any atom is -0.396 e. The number of hydrogen-bond donors (Lipinski definition) is 2. The number of nitrogen functional groups attached to an aromatic ring is 1. The van der Waals surface area contributed by atoms with Gasteiger partial charge in [-0.15, -0.1) is 0 Å². The molecular formula is C11H15FN2O3S. The number of amides is 1. The molecule has 0 fully saturated rings. The van der Waals surface area contributed by atoms with E-state index in [1.165, 1.54) is 26.0 Å². The molecule has 0 aliphatic heterocycles. The Morgan fingerprint density at radius 3 is 2.39 bits per heavy atom. The number of carbonyl (C=O) groups excluding carboxylic acids is 1. The highest BCUT2D eigenvalue weighted by atomic mass is 32.2. The Morgan fingerprint density at radius 1 is 1.39 bits per heavy atom. The molecule has 0 aliphatic carbocycles. The lowest BCUT2D eigenvalue weighted by atomic mass is 10.2. The SMILES string of the molecule is CC(C)(C(=O)Nc1ccc(F)c(N)c1)S(C)(=O)=O. The summed E-state index contributed by atoms with van der Waals surface area (Å²) in [6, 6.07) is 3.63. The van der Waals surface area contributed by atoms with Crippen LogP contribution in [0.25, 0.3) is 0 Å². The van der Waals surface area contributed by atoms with Gasteiger partial charge in [-0.25, -0.2) is 12.8 Å². The van der Waals surface area contributed by atoms with Gasteiger partial charge in [0.05, 0.1) is 5.69 Å². The van der Waals surface area contributed by atoms with E-state index < -0.39 is 26.3 Å². The maximum absolute atomic E-state index is 12.9. The Hall–Kier alpha value is -1.63. The molecule has 0 saturated heterocycles. The minimum absolute atomic E-state index is 0.120. The first-order valence-corrected chi connectivity index (χ1v) is 7.01. The molecule has 0 aromatic heterocycles. The highest BCUT2D eigenvalue weighted by molar-refractivity contribution is 7.92. The summed E-state index contributed by atoms with van der Waals surface area (Å²) >= 11 is 0. The monoisotopic (exact) mass is 274 g/mol. The van der Waals surface area contributed by atoms with Crippen molar-refractivity contribution in [1.29, 1.82) is 0 Å². The molecule has 0 atom stereocenters. The van der Waals surface area contributed by atoms with E-state index in [4.69, 9.17) is 5.73 Å². The van der Waals surface area contributed by atoms with Crippen molar-refractivity contribution in [3.05, 3.63) is 24.0 Å². The normalized spacial score (nSPS) is 12.2. The van der Waals surface area contributed by atoms with Crippen LogP contribution in [0.2, 0.25) is 0 Å². The minimum atomic E-state index is -3.56. The molecule has 7 heteroatoms.